The van der Waals surface area contributed by atoms with E-state index >= 15 is 0 Å². The highest BCUT2D eigenvalue weighted by atomic mass is 16.5. The zero-order chi connectivity index (χ0) is 11.4. The molecule has 16 heavy (non-hydrogen) atoms. The van der Waals surface area contributed by atoms with E-state index in [0.29, 0.717) is 26.4 Å². The number of carbonyl (C=O) groups is 1. The predicted octanol–water partition coefficient (Wildman–Crippen LogP) is -0.497. The average molecular weight is 228 g/mol. The lowest BCUT2D eigenvalue weighted by Gasteiger charge is -2.13. The molecule has 0 radical (unpaired) electrons. The minimum Gasteiger partial charge on any atom is -0.379 e. The van der Waals surface area contributed by atoms with E-state index < -0.39 is 0 Å². The van der Waals surface area contributed by atoms with E-state index in [4.69, 9.17) is 15.2 Å². The van der Waals surface area contributed by atoms with E-state index in [0.717, 1.165) is 12.5 Å². The molecular weight excluding hydrogens is 208 g/mol. The predicted molar refractivity (Wildman–Crippen MR) is 58.8 cm³/mol. The second-order valence-corrected chi connectivity index (χ2v) is 4.62. The average Bonchev–Trinajstić information content (AvgIpc) is 2.99. The molecule has 92 valence electrons. The fraction of sp³-hybridized carbons (Fsp3) is 0.909. The summed E-state index contributed by atoms with van der Waals surface area (Å²) in [5.41, 5.74) is 5.74. The third-order valence-corrected chi connectivity index (χ3v) is 3.06. The molecule has 2 aliphatic rings. The van der Waals surface area contributed by atoms with Crippen molar-refractivity contribution in [1.29, 1.82) is 0 Å². The van der Waals surface area contributed by atoms with Crippen LogP contribution in [-0.4, -0.2) is 44.9 Å². The summed E-state index contributed by atoms with van der Waals surface area (Å²) in [6.45, 7) is 2.91. The lowest BCUT2D eigenvalue weighted by Crippen LogP contribution is -2.42. The van der Waals surface area contributed by atoms with Crippen LogP contribution in [-0.2, 0) is 14.3 Å². The number of nitrogens with one attached hydrogen (secondary N) is 1. The van der Waals surface area contributed by atoms with Crippen LogP contribution in [0, 0.1) is 11.8 Å². The molecule has 1 saturated heterocycles. The van der Waals surface area contributed by atoms with Crippen molar-refractivity contribution in [2.75, 3.05) is 33.0 Å². The number of carbonyl (C=O) groups excluding carboxylic acids is 1. The van der Waals surface area contributed by atoms with E-state index in [-0.39, 0.29) is 17.9 Å². The third kappa shape index (κ3) is 3.43. The van der Waals surface area contributed by atoms with Crippen LogP contribution in [0.5, 0.6) is 0 Å². The number of nitrogens with two attached hydrogens (primary N) is 1. The first-order chi connectivity index (χ1) is 7.77. The van der Waals surface area contributed by atoms with Gasteiger partial charge >= 0.3 is 0 Å². The molecule has 0 aromatic carbocycles. The molecule has 1 aliphatic heterocycles. The van der Waals surface area contributed by atoms with Crippen molar-refractivity contribution in [3.8, 4) is 0 Å². The largest absolute Gasteiger partial charge is 0.379 e. The van der Waals surface area contributed by atoms with Gasteiger partial charge in [0.25, 0.3) is 0 Å². The van der Waals surface area contributed by atoms with Gasteiger partial charge in [0.1, 0.15) is 0 Å². The summed E-state index contributed by atoms with van der Waals surface area (Å²) in [5, 5.41) is 2.83. The van der Waals surface area contributed by atoms with Gasteiger partial charge in [-0.3, -0.25) is 4.79 Å². The van der Waals surface area contributed by atoms with Gasteiger partial charge in [-0.05, 0) is 18.8 Å². The van der Waals surface area contributed by atoms with Gasteiger partial charge < -0.3 is 20.5 Å². The molecule has 2 unspecified atom stereocenters. The molecule has 1 heterocycles. The smallest absolute Gasteiger partial charge is 0.227 e. The van der Waals surface area contributed by atoms with Crippen LogP contribution in [0.15, 0.2) is 0 Å². The Balaban J connectivity index is 1.52. The van der Waals surface area contributed by atoms with Gasteiger partial charge in [-0.2, -0.15) is 0 Å². The molecule has 5 nitrogen and oxygen atoms in total. The zero-order valence-corrected chi connectivity index (χ0v) is 9.48. The van der Waals surface area contributed by atoms with Crippen molar-refractivity contribution in [2.24, 2.45) is 17.6 Å². The third-order valence-electron chi connectivity index (χ3n) is 3.06. The van der Waals surface area contributed by atoms with Gasteiger partial charge in [-0.25, -0.2) is 0 Å². The minimum atomic E-state index is -0.191. The molecule has 2 fully saturated rings. The van der Waals surface area contributed by atoms with E-state index in [2.05, 4.69) is 5.32 Å². The molecule has 3 N–H and O–H groups in total. The standard InChI is InChI=1S/C11H20N2O3/c12-10-7-16-6-9(10)11(14)13-3-4-15-5-8-1-2-8/h8-10H,1-7,12H2,(H,13,14). The van der Waals surface area contributed by atoms with Gasteiger partial charge in [-0.15, -0.1) is 0 Å². The molecule has 1 aliphatic carbocycles. The van der Waals surface area contributed by atoms with Gasteiger partial charge in [0.15, 0.2) is 0 Å². The molecule has 0 bridgehead atoms. The van der Waals surface area contributed by atoms with Gasteiger partial charge in [0.2, 0.25) is 5.91 Å². The van der Waals surface area contributed by atoms with Crippen molar-refractivity contribution in [1.82, 2.24) is 5.32 Å². The normalized spacial score (nSPS) is 29.3. The maximum atomic E-state index is 11.6. The Hall–Kier alpha value is -0.650. The monoisotopic (exact) mass is 228 g/mol. The summed E-state index contributed by atoms with van der Waals surface area (Å²) in [5.74, 6) is 0.566. The first kappa shape index (κ1) is 11.8. The van der Waals surface area contributed by atoms with E-state index in [9.17, 15) is 4.79 Å². The highest BCUT2D eigenvalue weighted by Gasteiger charge is 2.30. The molecule has 1 saturated carbocycles. The topological polar surface area (TPSA) is 73.6 Å². The van der Waals surface area contributed by atoms with E-state index in [1.807, 2.05) is 0 Å². The summed E-state index contributed by atoms with van der Waals surface area (Å²) in [7, 11) is 0. The van der Waals surface area contributed by atoms with Gasteiger partial charge in [-0.1, -0.05) is 0 Å². The maximum absolute atomic E-state index is 11.6. The number of hydrogen-bond acceptors (Lipinski definition) is 4. The van der Waals surface area contributed by atoms with Crippen LogP contribution in [0.3, 0.4) is 0 Å². The highest BCUT2D eigenvalue weighted by Crippen LogP contribution is 2.28. The molecule has 0 aromatic heterocycles. The van der Waals surface area contributed by atoms with Crippen LogP contribution < -0.4 is 11.1 Å². The van der Waals surface area contributed by atoms with Crippen molar-refractivity contribution in [2.45, 2.75) is 18.9 Å². The van der Waals surface area contributed by atoms with Crippen LogP contribution in [0.25, 0.3) is 0 Å². The van der Waals surface area contributed by atoms with Crippen LogP contribution >= 0.6 is 0 Å². The molecule has 2 rings (SSSR count). The summed E-state index contributed by atoms with van der Waals surface area (Å²) >= 11 is 0. The Morgan fingerprint density at radius 3 is 2.88 bits per heavy atom. The SMILES string of the molecule is NC1COCC1C(=O)NCCOCC1CC1. The second-order valence-electron chi connectivity index (χ2n) is 4.62. The molecule has 1 amide bonds. The van der Waals surface area contributed by atoms with Crippen LogP contribution in [0.4, 0.5) is 0 Å². The van der Waals surface area contributed by atoms with Gasteiger partial charge in [0, 0.05) is 19.2 Å². The minimum absolute atomic E-state index is 0.0139. The fourth-order valence-corrected chi connectivity index (χ4v) is 1.75. The lowest BCUT2D eigenvalue weighted by atomic mass is 10.0. The number of rotatable bonds is 6. The Kier molecular flexibility index (Phi) is 4.15. The van der Waals surface area contributed by atoms with Crippen molar-refractivity contribution >= 4 is 5.91 Å². The summed E-state index contributed by atoms with van der Waals surface area (Å²) in [6, 6.07) is -0.160. The number of ether oxygens (including phenoxy) is 2. The maximum Gasteiger partial charge on any atom is 0.227 e. The molecule has 5 heteroatoms. The second kappa shape index (κ2) is 5.61. The Labute approximate surface area is 95.7 Å². The van der Waals surface area contributed by atoms with Crippen LogP contribution in [0.2, 0.25) is 0 Å². The Bertz CT molecular complexity index is 243. The number of hydrogen-bond donors (Lipinski definition) is 2. The van der Waals surface area contributed by atoms with Crippen LogP contribution in [0.1, 0.15) is 12.8 Å². The molecule has 2 atom stereocenters. The lowest BCUT2D eigenvalue weighted by molar-refractivity contribution is -0.125. The van der Waals surface area contributed by atoms with Crippen molar-refractivity contribution in [3.63, 3.8) is 0 Å². The van der Waals surface area contributed by atoms with Gasteiger partial charge in [0.05, 0.1) is 25.7 Å². The Morgan fingerprint density at radius 1 is 1.44 bits per heavy atom. The highest BCUT2D eigenvalue weighted by molar-refractivity contribution is 5.79. The van der Waals surface area contributed by atoms with Crippen molar-refractivity contribution < 1.29 is 14.3 Å². The van der Waals surface area contributed by atoms with E-state index in [1.54, 1.807) is 0 Å². The van der Waals surface area contributed by atoms with Crippen molar-refractivity contribution in [3.05, 3.63) is 0 Å². The molecular formula is C11H20N2O3. The Morgan fingerprint density at radius 2 is 2.25 bits per heavy atom. The first-order valence-corrected chi connectivity index (χ1v) is 5.96. The fourth-order valence-electron chi connectivity index (χ4n) is 1.75. The quantitative estimate of drug-likeness (QED) is 0.601. The number of amides is 1. The van der Waals surface area contributed by atoms with E-state index in [1.165, 1.54) is 12.8 Å². The zero-order valence-electron chi connectivity index (χ0n) is 9.48. The first-order valence-electron chi connectivity index (χ1n) is 5.96. The molecule has 0 spiro atoms. The molecule has 0 aromatic rings. The summed E-state index contributed by atoms with van der Waals surface area (Å²) in [6.07, 6.45) is 2.58. The summed E-state index contributed by atoms with van der Waals surface area (Å²) < 4.78 is 10.6. The summed E-state index contributed by atoms with van der Waals surface area (Å²) in [4.78, 5) is 11.6.